The van der Waals surface area contributed by atoms with Crippen LogP contribution in [0.4, 0.5) is 0 Å². The number of likely N-dealkylation sites (N-methyl/N-ethyl adjacent to an activating group) is 2. The van der Waals surface area contributed by atoms with Gasteiger partial charge in [0.05, 0.1) is 81.3 Å². The summed E-state index contributed by atoms with van der Waals surface area (Å²) in [4.78, 5) is 69.7. The fraction of sp³-hybridized carbons (Fsp3) is 0.545. The molecule has 1 amide bonds. The van der Waals surface area contributed by atoms with Crippen LogP contribution in [0.2, 0.25) is 0 Å². The van der Waals surface area contributed by atoms with E-state index in [0.717, 1.165) is 250 Å². The zero-order valence-corrected chi connectivity index (χ0v) is 78.2. The second kappa shape index (κ2) is 44.2. The van der Waals surface area contributed by atoms with Crippen LogP contribution in [0.25, 0.3) is 65.9 Å². The Morgan fingerprint density at radius 3 is 1.09 bits per heavy atom. The van der Waals surface area contributed by atoms with Crippen molar-refractivity contribution in [3.05, 3.63) is 192 Å². The molecule has 24 nitrogen and oxygen atoms in total. The molecule has 0 spiro atoms. The van der Waals surface area contributed by atoms with Crippen molar-refractivity contribution in [1.82, 2.24) is 60.8 Å². The van der Waals surface area contributed by atoms with Crippen LogP contribution >= 0.6 is 0 Å². The van der Waals surface area contributed by atoms with Crippen LogP contribution in [0.3, 0.4) is 0 Å². The Labute approximate surface area is 791 Å². The molecule has 1 aliphatic heterocycles. The molecule has 5 aromatic heterocycles. The number of piperidine rings is 1. The first-order valence-corrected chi connectivity index (χ1v) is 49.6. The van der Waals surface area contributed by atoms with Gasteiger partial charge in [-0.3, -0.25) is 55.6 Å². The van der Waals surface area contributed by atoms with Gasteiger partial charge >= 0.3 is 0 Å². The molecule has 7 aromatic carbocycles. The number of amides is 1. The number of hydrogen-bond acceptors (Lipinski definition) is 13. The molecule has 12 aromatic rings. The zero-order chi connectivity index (χ0) is 91.0. The quantitative estimate of drug-likeness (QED) is 0.0273. The van der Waals surface area contributed by atoms with Gasteiger partial charge in [0.1, 0.15) is 12.3 Å². The molecule has 0 unspecified atom stereocenters. The Kier molecular flexibility index (Phi) is 32.7. The number of fused-ring (bicyclic) bond motifs is 6. The van der Waals surface area contributed by atoms with E-state index >= 15 is 0 Å². The summed E-state index contributed by atoms with van der Waals surface area (Å²) in [5, 5.41) is 48.8. The highest BCUT2D eigenvalue weighted by Gasteiger charge is 2.56. The van der Waals surface area contributed by atoms with Gasteiger partial charge < -0.3 is 61.0 Å². The van der Waals surface area contributed by atoms with Crippen LogP contribution < -0.4 is 38.1 Å². The molecular formula is C110H152N18O6. The number of unbranched alkanes of at least 4 members (excludes halogenated alkanes) is 1. The minimum absolute atomic E-state index is 0. The molecule has 6 heterocycles. The van der Waals surface area contributed by atoms with Crippen LogP contribution in [0.15, 0.2) is 164 Å². The number of carbonyl (C=O) groups is 5. The number of para-hydroxylation sites is 10. The van der Waals surface area contributed by atoms with Gasteiger partial charge in [0.25, 0.3) is 0 Å². The number of ketones is 4. The molecule has 23 rings (SSSR count). The normalized spacial score (nSPS) is 21.6. The highest BCUT2D eigenvalue weighted by molar-refractivity contribution is 5.90. The van der Waals surface area contributed by atoms with E-state index in [9.17, 15) is 24.0 Å². The van der Waals surface area contributed by atoms with Crippen molar-refractivity contribution in [1.29, 1.82) is 27.0 Å². The van der Waals surface area contributed by atoms with E-state index in [-0.39, 0.29) is 69.6 Å². The Bertz CT molecular complexity index is 6360. The van der Waals surface area contributed by atoms with Crippen LogP contribution in [0.5, 0.6) is 5.75 Å². The molecule has 11 fully saturated rings. The van der Waals surface area contributed by atoms with Gasteiger partial charge in [-0.15, -0.1) is 0 Å². The molecule has 0 radical (unpaired) electrons. The third-order valence-corrected chi connectivity index (χ3v) is 31.1. The first kappa shape index (κ1) is 99.0. The summed E-state index contributed by atoms with van der Waals surface area (Å²) in [5.74, 6) is 7.13. The Morgan fingerprint density at radius 2 is 0.701 bits per heavy atom. The summed E-state index contributed by atoms with van der Waals surface area (Å²) in [6.45, 7) is 12.6. The SMILES string of the molecule is C.C.C.CCCCn1c(=N)n(CC(=O)C23CC4CC(CC(C4)C2)C3)c2ccccc21.CCCn1c(=N)n(COc2ccc3ccccc3c2)c2ccccc21.CN(C)CCn1c(=N)n(CC(=O)C2CCCCC2)c2ccccc21.CNCCn1c(=N)n(CC(=O)C2CCCCC2)c2ccccc21.N=c1n(CC(=O)N2CCCCC2)c2ccccc2n1CC(=O)C12CC3CC(CC(C3)C1)C2. The highest BCUT2D eigenvalue weighted by atomic mass is 16.5. The van der Waals surface area contributed by atoms with Gasteiger partial charge in [-0.2, -0.15) is 0 Å². The molecule has 10 aliphatic carbocycles. The summed E-state index contributed by atoms with van der Waals surface area (Å²) in [7, 11) is 5.99. The number of ether oxygens (including phenoxy) is 1. The lowest BCUT2D eigenvalue weighted by Gasteiger charge is -2.56. The van der Waals surface area contributed by atoms with E-state index in [1.54, 1.807) is 4.57 Å². The number of carbonyl (C=O) groups excluding carboxylic acids is 5. The third-order valence-electron chi connectivity index (χ3n) is 31.1. The maximum atomic E-state index is 13.8. The number of imidazole rings is 5. The van der Waals surface area contributed by atoms with Crippen LogP contribution in [0.1, 0.15) is 216 Å². The molecule has 718 valence electrons. The summed E-state index contributed by atoms with van der Waals surface area (Å²) in [6.07, 6.45) is 32.3. The lowest BCUT2D eigenvalue weighted by Crippen LogP contribution is -2.51. The first-order valence-electron chi connectivity index (χ1n) is 49.6. The molecule has 10 saturated carbocycles. The summed E-state index contributed by atoms with van der Waals surface area (Å²) >= 11 is 0. The third kappa shape index (κ3) is 21.2. The predicted molar refractivity (Wildman–Crippen MR) is 536 cm³/mol. The summed E-state index contributed by atoms with van der Waals surface area (Å²) < 4.78 is 25.5. The van der Waals surface area contributed by atoms with Crippen molar-refractivity contribution >= 4 is 95.0 Å². The lowest BCUT2D eigenvalue weighted by atomic mass is 9.48. The molecule has 134 heavy (non-hydrogen) atoms. The number of Topliss-reactive ketones (excluding diaryl/α,β-unsaturated/α-hetero) is 4. The van der Waals surface area contributed by atoms with Crippen molar-refractivity contribution in [2.24, 2.45) is 58.2 Å². The van der Waals surface area contributed by atoms with Crippen molar-refractivity contribution in [3.63, 3.8) is 0 Å². The summed E-state index contributed by atoms with van der Waals surface area (Å²) in [5.41, 5.74) is 11.9. The highest BCUT2D eigenvalue weighted by Crippen LogP contribution is 2.62. The van der Waals surface area contributed by atoms with Gasteiger partial charge in [-0.1, -0.05) is 172 Å². The van der Waals surface area contributed by atoms with Gasteiger partial charge in [0, 0.05) is 75.0 Å². The number of nitrogens with zero attached hydrogens (tertiary/aromatic N) is 12. The second-order valence-electron chi connectivity index (χ2n) is 40.4. The predicted octanol–water partition coefficient (Wildman–Crippen LogP) is 19.6. The van der Waals surface area contributed by atoms with Crippen LogP contribution in [0, 0.1) is 85.2 Å². The molecule has 8 bridgehead atoms. The Hall–Kier alpha value is -11.0. The number of hydrogen-bond donors (Lipinski definition) is 6. The van der Waals surface area contributed by atoms with Gasteiger partial charge in [0.2, 0.25) is 34.0 Å². The number of aromatic nitrogens is 10. The number of aryl methyl sites for hydroxylation is 2. The van der Waals surface area contributed by atoms with E-state index < -0.39 is 0 Å². The van der Waals surface area contributed by atoms with E-state index in [1.807, 2.05) is 190 Å². The molecular weight excluding hydrogens is 1670 g/mol. The summed E-state index contributed by atoms with van der Waals surface area (Å²) in [6, 6.07) is 54.6. The van der Waals surface area contributed by atoms with E-state index in [1.165, 1.54) is 88.9 Å². The molecule has 0 atom stereocenters. The standard InChI is InChI=1S/C26H34N4O2.C23H31N3O.C21H21N3O.C19H28N4O.C18H26N4O.3CH4/c27-25-29(16-23(31)26-13-18-10-19(14-26)12-20(11-18)15-26)21-6-2-3-7-22(21)30(25)17-24(32)28-8-4-1-5-9-28;1-2-3-8-25-19-6-4-5-7-20(19)26(22(25)24)15-21(27)23-12-16-9-17(13-23)11-18(10-16)14-23;1-2-13-23-19-9-5-6-10-20(19)24(21(23)22)15-25-18-12-11-16-7-3-4-8-17(16)14-18;1-21(2)12-13-22-16-10-6-7-11-17(16)23(19(22)20)14-18(24)15-8-4-3-5-9-15;1-20-11-12-21-15-9-5-6-10-16(15)22(18(21)19)13-17(23)14-7-3-2-4-8-14;;;/h2-3,6-7,18-20,27H,1,4-5,8-17H2;4-7,16-18,24H,2-3,8-15H2,1H3;3-12,14,22H,2,13,15H2,1H3;6-7,10-11,15,20H,3-5,8-9,12-14H2,1-2H3;5-6,9-10,14,19-20H,2-4,7-8,11-13H2,1H3;3*1H4. The largest absolute Gasteiger partial charge is 0.473 e. The number of likely N-dealkylation sites (tertiary alicyclic amines) is 1. The zero-order valence-electron chi connectivity index (χ0n) is 78.2. The molecule has 6 N–H and O–H groups in total. The minimum atomic E-state index is -0.166. The molecule has 1 saturated heterocycles. The second-order valence-corrected chi connectivity index (χ2v) is 40.4. The van der Waals surface area contributed by atoms with Crippen molar-refractivity contribution in [2.75, 3.05) is 47.3 Å². The van der Waals surface area contributed by atoms with Crippen molar-refractivity contribution in [3.8, 4) is 5.75 Å². The minimum Gasteiger partial charge on any atom is -0.473 e. The first-order chi connectivity index (χ1) is 63.7. The van der Waals surface area contributed by atoms with Crippen LogP contribution in [-0.4, -0.2) is 132 Å². The van der Waals surface area contributed by atoms with E-state index in [2.05, 4.69) is 65.0 Å². The maximum Gasteiger partial charge on any atom is 0.242 e. The average molecular weight is 1820 g/mol. The monoisotopic (exact) mass is 1820 g/mol. The molecule has 24 heteroatoms. The van der Waals surface area contributed by atoms with Gasteiger partial charge in [0.15, 0.2) is 29.9 Å². The molecule has 11 aliphatic rings. The fourth-order valence-corrected chi connectivity index (χ4v) is 25.1. The van der Waals surface area contributed by atoms with Gasteiger partial charge in [-0.05, 0) is 275 Å². The number of nitrogens with one attached hydrogen (secondary N) is 6. The smallest absolute Gasteiger partial charge is 0.242 e. The topological polar surface area (TPSA) is 282 Å². The number of rotatable bonds is 28. The Balaban J connectivity index is 0.000000134. The number of benzene rings is 7. The maximum absolute atomic E-state index is 13.8. The van der Waals surface area contributed by atoms with E-state index in [4.69, 9.17) is 31.8 Å². The lowest BCUT2D eigenvalue weighted by molar-refractivity contribution is -0.145. The van der Waals surface area contributed by atoms with E-state index in [0.29, 0.717) is 72.0 Å². The average Bonchev–Trinajstić information content (AvgIpc) is 0.933. The van der Waals surface area contributed by atoms with Crippen molar-refractivity contribution < 1.29 is 28.7 Å². The van der Waals surface area contributed by atoms with Gasteiger partial charge in [-0.25, -0.2) is 0 Å². The van der Waals surface area contributed by atoms with Crippen molar-refractivity contribution in [2.45, 2.75) is 282 Å². The van der Waals surface area contributed by atoms with Crippen LogP contribution in [-0.2, 0) is 89.6 Å². The Morgan fingerprint density at radius 1 is 0.373 bits per heavy atom. The fourth-order valence-electron chi connectivity index (χ4n) is 25.1.